The van der Waals surface area contributed by atoms with Gasteiger partial charge in [-0.25, -0.2) is 4.98 Å². The van der Waals surface area contributed by atoms with E-state index in [-0.39, 0.29) is 11.8 Å². The van der Waals surface area contributed by atoms with Gasteiger partial charge in [-0.1, -0.05) is 32.7 Å². The fraction of sp³-hybridized carbons (Fsp3) is 0.0833. The standard InChI is InChI=1S/C12H7BrClN3O2/c1-5-15-12(19-17-5)8-3-6-2-7(13)4-9(14)10(6)16-11(8)18/h2-4H,1H3,(H,16,18). The second kappa shape index (κ2) is 4.47. The van der Waals surface area contributed by atoms with Gasteiger partial charge in [0.1, 0.15) is 5.56 Å². The van der Waals surface area contributed by atoms with Crippen LogP contribution < -0.4 is 0 Å². The highest BCUT2D eigenvalue weighted by molar-refractivity contribution is 9.10. The molecule has 7 heteroatoms. The molecule has 0 spiro atoms. The van der Waals surface area contributed by atoms with Crippen LogP contribution in [-0.2, 0) is 0 Å². The molecule has 0 aliphatic rings. The summed E-state index contributed by atoms with van der Waals surface area (Å²) < 4.78 is 5.86. The molecule has 0 saturated heterocycles. The van der Waals surface area contributed by atoms with Crippen molar-refractivity contribution < 1.29 is 9.63 Å². The SMILES string of the molecule is Cc1noc(-c2cc3cc(Br)cc(Cl)c3nc2O)n1. The number of benzene rings is 1. The van der Waals surface area contributed by atoms with Gasteiger partial charge in [-0.3, -0.25) is 0 Å². The lowest BCUT2D eigenvalue weighted by atomic mass is 10.1. The molecule has 0 atom stereocenters. The van der Waals surface area contributed by atoms with Crippen LogP contribution >= 0.6 is 27.5 Å². The Morgan fingerprint density at radius 3 is 2.74 bits per heavy atom. The first-order valence-electron chi connectivity index (χ1n) is 5.34. The van der Waals surface area contributed by atoms with Crippen molar-refractivity contribution in [3.63, 3.8) is 0 Å². The number of hydrogen-bond donors (Lipinski definition) is 1. The van der Waals surface area contributed by atoms with Crippen molar-refractivity contribution in [1.29, 1.82) is 0 Å². The largest absolute Gasteiger partial charge is 0.493 e. The molecule has 0 aliphatic carbocycles. The molecule has 1 N–H and O–H groups in total. The number of nitrogens with zero attached hydrogens (tertiary/aromatic N) is 3. The summed E-state index contributed by atoms with van der Waals surface area (Å²) in [5.41, 5.74) is 0.893. The number of aromatic nitrogens is 3. The first kappa shape index (κ1) is 12.4. The van der Waals surface area contributed by atoms with Crippen LogP contribution in [0.4, 0.5) is 0 Å². The monoisotopic (exact) mass is 339 g/mol. The molecule has 3 aromatic rings. The van der Waals surface area contributed by atoms with Gasteiger partial charge >= 0.3 is 0 Å². The molecule has 0 unspecified atom stereocenters. The van der Waals surface area contributed by atoms with E-state index in [9.17, 15) is 5.11 Å². The lowest BCUT2D eigenvalue weighted by Gasteiger charge is -2.04. The Kier molecular flexibility index (Phi) is 2.91. The Balaban J connectivity index is 2.30. The average molecular weight is 341 g/mol. The summed E-state index contributed by atoms with van der Waals surface area (Å²) in [5.74, 6) is 0.516. The molecule has 19 heavy (non-hydrogen) atoms. The Labute approximate surface area is 121 Å². The van der Waals surface area contributed by atoms with E-state index in [1.54, 1.807) is 19.1 Å². The van der Waals surface area contributed by atoms with Gasteiger partial charge in [0.25, 0.3) is 5.89 Å². The first-order valence-corrected chi connectivity index (χ1v) is 6.51. The number of aryl methyl sites for hydroxylation is 1. The maximum atomic E-state index is 9.96. The summed E-state index contributed by atoms with van der Waals surface area (Å²) in [5, 5.41) is 14.9. The van der Waals surface area contributed by atoms with Crippen molar-refractivity contribution in [1.82, 2.24) is 15.1 Å². The molecule has 2 heterocycles. The van der Waals surface area contributed by atoms with Gasteiger partial charge in [-0.05, 0) is 25.1 Å². The smallest absolute Gasteiger partial charge is 0.263 e. The number of rotatable bonds is 1. The molecule has 3 rings (SSSR count). The van der Waals surface area contributed by atoms with Crippen LogP contribution in [0.3, 0.4) is 0 Å². The molecule has 0 bridgehead atoms. The third-order valence-corrected chi connectivity index (χ3v) is 3.32. The number of fused-ring (bicyclic) bond motifs is 1. The van der Waals surface area contributed by atoms with Gasteiger partial charge in [0.05, 0.1) is 10.5 Å². The summed E-state index contributed by atoms with van der Waals surface area (Å²) in [6.45, 7) is 1.70. The minimum Gasteiger partial charge on any atom is -0.493 e. The normalized spacial score (nSPS) is 11.1. The van der Waals surface area contributed by atoms with E-state index in [1.807, 2.05) is 6.07 Å². The van der Waals surface area contributed by atoms with Crippen LogP contribution in [0.15, 0.2) is 27.2 Å². The van der Waals surface area contributed by atoms with E-state index < -0.39 is 0 Å². The zero-order valence-corrected chi connectivity index (χ0v) is 12.0. The molecule has 0 amide bonds. The highest BCUT2D eigenvalue weighted by atomic mass is 79.9. The number of pyridine rings is 1. The topological polar surface area (TPSA) is 72.0 Å². The van der Waals surface area contributed by atoms with E-state index in [0.29, 0.717) is 21.9 Å². The van der Waals surface area contributed by atoms with Crippen LogP contribution in [-0.4, -0.2) is 20.2 Å². The Bertz CT molecular complexity index is 788. The second-order valence-electron chi connectivity index (χ2n) is 3.97. The predicted molar refractivity (Wildman–Crippen MR) is 74.1 cm³/mol. The fourth-order valence-electron chi connectivity index (χ4n) is 1.76. The molecule has 0 radical (unpaired) electrons. The molecule has 0 aliphatic heterocycles. The fourth-order valence-corrected chi connectivity index (χ4v) is 2.64. The van der Waals surface area contributed by atoms with Gasteiger partial charge in [-0.2, -0.15) is 4.98 Å². The second-order valence-corrected chi connectivity index (χ2v) is 5.29. The maximum absolute atomic E-state index is 9.96. The minimum atomic E-state index is -0.194. The lowest BCUT2D eigenvalue weighted by Crippen LogP contribution is -1.87. The first-order chi connectivity index (χ1) is 9.04. The summed E-state index contributed by atoms with van der Waals surface area (Å²) in [4.78, 5) is 8.15. The Morgan fingerprint density at radius 2 is 2.05 bits per heavy atom. The number of hydrogen-bond acceptors (Lipinski definition) is 5. The van der Waals surface area contributed by atoms with Crippen LogP contribution in [0, 0.1) is 6.92 Å². The Hall–Kier alpha value is -1.66. The highest BCUT2D eigenvalue weighted by Crippen LogP contribution is 2.34. The third kappa shape index (κ3) is 2.17. The van der Waals surface area contributed by atoms with E-state index in [2.05, 4.69) is 31.1 Å². The highest BCUT2D eigenvalue weighted by Gasteiger charge is 2.15. The van der Waals surface area contributed by atoms with Crippen molar-refractivity contribution in [2.45, 2.75) is 6.92 Å². The molecule has 2 aromatic heterocycles. The van der Waals surface area contributed by atoms with E-state index in [1.165, 1.54) is 0 Å². The van der Waals surface area contributed by atoms with E-state index in [4.69, 9.17) is 16.1 Å². The average Bonchev–Trinajstić information content (AvgIpc) is 2.76. The summed E-state index contributed by atoms with van der Waals surface area (Å²) in [6, 6.07) is 5.27. The van der Waals surface area contributed by atoms with Crippen molar-refractivity contribution in [2.24, 2.45) is 0 Å². The number of halogens is 2. The lowest BCUT2D eigenvalue weighted by molar-refractivity contribution is 0.417. The summed E-state index contributed by atoms with van der Waals surface area (Å²) in [7, 11) is 0. The van der Waals surface area contributed by atoms with Crippen LogP contribution in [0.5, 0.6) is 5.88 Å². The van der Waals surface area contributed by atoms with Gasteiger partial charge in [0.15, 0.2) is 5.82 Å². The molecule has 5 nitrogen and oxygen atoms in total. The quantitative estimate of drug-likeness (QED) is 0.731. The van der Waals surface area contributed by atoms with Gasteiger partial charge in [0, 0.05) is 9.86 Å². The van der Waals surface area contributed by atoms with Crippen molar-refractivity contribution in [3.8, 4) is 17.3 Å². The van der Waals surface area contributed by atoms with Gasteiger partial charge < -0.3 is 9.63 Å². The van der Waals surface area contributed by atoms with Crippen LogP contribution in [0.2, 0.25) is 5.02 Å². The molecule has 0 fully saturated rings. The van der Waals surface area contributed by atoms with Crippen molar-refractivity contribution >= 4 is 38.4 Å². The molecule has 1 aromatic carbocycles. The molecule has 0 saturated carbocycles. The summed E-state index contributed by atoms with van der Waals surface area (Å²) >= 11 is 9.44. The number of aromatic hydroxyl groups is 1. The predicted octanol–water partition coefficient (Wildman–Crippen LogP) is 3.71. The molecule has 96 valence electrons. The van der Waals surface area contributed by atoms with E-state index in [0.717, 1.165) is 9.86 Å². The zero-order chi connectivity index (χ0) is 13.6. The Morgan fingerprint density at radius 1 is 1.26 bits per heavy atom. The van der Waals surface area contributed by atoms with Crippen LogP contribution in [0.1, 0.15) is 5.82 Å². The third-order valence-electron chi connectivity index (χ3n) is 2.57. The van der Waals surface area contributed by atoms with E-state index >= 15 is 0 Å². The van der Waals surface area contributed by atoms with Crippen molar-refractivity contribution in [3.05, 3.63) is 33.5 Å². The van der Waals surface area contributed by atoms with Gasteiger partial charge in [-0.15, -0.1) is 0 Å². The van der Waals surface area contributed by atoms with Crippen LogP contribution in [0.25, 0.3) is 22.4 Å². The molecular formula is C12H7BrClN3O2. The zero-order valence-electron chi connectivity index (χ0n) is 9.69. The van der Waals surface area contributed by atoms with Crippen molar-refractivity contribution in [2.75, 3.05) is 0 Å². The van der Waals surface area contributed by atoms with Gasteiger partial charge in [0.2, 0.25) is 5.88 Å². The minimum absolute atomic E-state index is 0.194. The summed E-state index contributed by atoms with van der Waals surface area (Å²) in [6.07, 6.45) is 0. The maximum Gasteiger partial charge on any atom is 0.263 e. The molecular weight excluding hydrogens is 334 g/mol.